The molecule has 1 aliphatic heterocycles. The number of hydrogen-bond acceptors (Lipinski definition) is 4. The van der Waals surface area contributed by atoms with Crippen LogP contribution in [0.5, 0.6) is 0 Å². The highest BCUT2D eigenvalue weighted by Gasteiger charge is 2.43. The second kappa shape index (κ2) is 8.40. The summed E-state index contributed by atoms with van der Waals surface area (Å²) in [7, 11) is 1.79. The number of amides is 1. The van der Waals surface area contributed by atoms with E-state index in [0.29, 0.717) is 13.1 Å². The monoisotopic (exact) mass is 342 g/mol. The lowest BCUT2D eigenvalue weighted by Gasteiger charge is -2.46. The molecule has 1 aliphatic rings. The molecule has 0 saturated carbocycles. The maximum Gasteiger partial charge on any atom is 0.397 e. The highest BCUT2D eigenvalue weighted by molar-refractivity contribution is 7.75. The maximum absolute atomic E-state index is 12.6. The Hall–Kier alpha value is -0.470. The Labute approximate surface area is 135 Å². The summed E-state index contributed by atoms with van der Waals surface area (Å²) >= 11 is 3.79. The van der Waals surface area contributed by atoms with Gasteiger partial charge in [0.1, 0.15) is 6.42 Å². The van der Waals surface area contributed by atoms with Gasteiger partial charge in [-0.3, -0.25) is 4.79 Å². The molecule has 4 atom stereocenters. The van der Waals surface area contributed by atoms with Gasteiger partial charge in [0.15, 0.2) is 0 Å². The number of hydrogen-bond donors (Lipinski definition) is 2. The minimum Gasteiger partial charge on any atom is -0.336 e. The molecule has 1 fully saturated rings. The summed E-state index contributed by atoms with van der Waals surface area (Å²) in [4.78, 5) is 13.5. The summed E-state index contributed by atoms with van der Waals surface area (Å²) in [6.45, 7) is 4.70. The lowest BCUT2D eigenvalue weighted by atomic mass is 9.79. The van der Waals surface area contributed by atoms with Crippen LogP contribution in [0, 0.1) is 11.8 Å². The van der Waals surface area contributed by atoms with Crippen LogP contribution >= 0.6 is 12.9 Å². The van der Waals surface area contributed by atoms with E-state index < -0.39 is 30.7 Å². The number of nitrogens with one attached hydrogen (secondary N) is 1. The second-order valence-corrected chi connectivity index (χ2v) is 6.18. The van der Waals surface area contributed by atoms with Gasteiger partial charge >= 0.3 is 6.18 Å². The number of rotatable bonds is 6. The van der Waals surface area contributed by atoms with Crippen LogP contribution in [0.25, 0.3) is 0 Å². The Balaban J connectivity index is 3.01. The molecule has 1 saturated heterocycles. The first kappa shape index (κ1) is 19.6. The minimum atomic E-state index is -4.50. The molecular weight excluding hydrogens is 317 g/mol. The molecule has 3 unspecified atom stereocenters. The van der Waals surface area contributed by atoms with E-state index in [1.165, 1.54) is 4.90 Å². The van der Waals surface area contributed by atoms with Crippen molar-refractivity contribution in [2.45, 2.75) is 51.4 Å². The van der Waals surface area contributed by atoms with Crippen molar-refractivity contribution in [3.63, 3.8) is 0 Å². The van der Waals surface area contributed by atoms with Crippen molar-refractivity contribution < 1.29 is 22.1 Å². The van der Waals surface area contributed by atoms with E-state index in [2.05, 4.69) is 18.2 Å². The quantitative estimate of drug-likeness (QED) is 0.576. The molecule has 1 heterocycles. The minimum absolute atomic E-state index is 0.0445. The van der Waals surface area contributed by atoms with Gasteiger partial charge in [-0.05, 0) is 51.7 Å². The van der Waals surface area contributed by atoms with E-state index in [1.54, 1.807) is 14.0 Å². The average Bonchev–Trinajstić information content (AvgIpc) is 2.44. The highest BCUT2D eigenvalue weighted by Crippen LogP contribution is 2.34. The van der Waals surface area contributed by atoms with Crippen LogP contribution in [-0.2, 0) is 8.98 Å². The van der Waals surface area contributed by atoms with Crippen molar-refractivity contribution in [2.24, 2.45) is 11.8 Å². The third-order valence-electron chi connectivity index (χ3n) is 4.30. The average molecular weight is 342 g/mol. The number of halogens is 3. The van der Waals surface area contributed by atoms with Gasteiger partial charge in [0, 0.05) is 6.54 Å². The Morgan fingerprint density at radius 3 is 2.59 bits per heavy atom. The molecule has 0 bridgehead atoms. The van der Waals surface area contributed by atoms with Crippen LogP contribution < -0.4 is 5.32 Å². The third kappa shape index (κ3) is 5.31. The van der Waals surface area contributed by atoms with E-state index in [0.717, 1.165) is 12.8 Å². The van der Waals surface area contributed by atoms with Gasteiger partial charge in [0.25, 0.3) is 0 Å². The number of carbonyl (C=O) groups is 1. The fourth-order valence-corrected chi connectivity index (χ4v) is 3.42. The topological polar surface area (TPSA) is 41.6 Å². The number of carbonyl (C=O) groups excluding carboxylic acids is 1. The zero-order chi connectivity index (χ0) is 16.9. The van der Waals surface area contributed by atoms with Crippen molar-refractivity contribution in [2.75, 3.05) is 20.1 Å². The van der Waals surface area contributed by atoms with Gasteiger partial charge in [-0.2, -0.15) is 13.2 Å². The SMILES string of the molecule is CCC1C[C@@H](CNC)C(C(C)OS)N(C(=O)CC(F)(F)F)C1. The van der Waals surface area contributed by atoms with Gasteiger partial charge < -0.3 is 14.4 Å². The normalized spacial score (nSPS) is 27.8. The van der Waals surface area contributed by atoms with Gasteiger partial charge in [0.05, 0.1) is 12.1 Å². The van der Waals surface area contributed by atoms with Crippen molar-refractivity contribution in [3.05, 3.63) is 0 Å². The molecule has 1 rings (SSSR count). The number of likely N-dealkylation sites (tertiary alicyclic amines) is 1. The van der Waals surface area contributed by atoms with Gasteiger partial charge in [-0.15, -0.1) is 0 Å². The summed E-state index contributed by atoms with van der Waals surface area (Å²) in [6.07, 6.45) is -4.66. The first-order valence-corrected chi connectivity index (χ1v) is 7.91. The number of nitrogens with zero attached hydrogens (tertiary/aromatic N) is 1. The highest BCUT2D eigenvalue weighted by atomic mass is 32.1. The lowest BCUT2D eigenvalue weighted by Crippen LogP contribution is -2.58. The molecule has 130 valence electrons. The van der Waals surface area contributed by atoms with Crippen LogP contribution in [0.15, 0.2) is 0 Å². The Morgan fingerprint density at radius 2 is 2.14 bits per heavy atom. The summed E-state index contributed by atoms with van der Waals surface area (Å²) in [6, 6.07) is -0.400. The van der Waals surface area contributed by atoms with Crippen molar-refractivity contribution in [3.8, 4) is 0 Å². The predicted molar refractivity (Wildman–Crippen MR) is 81.5 cm³/mol. The molecule has 0 spiro atoms. The zero-order valence-corrected chi connectivity index (χ0v) is 14.1. The summed E-state index contributed by atoms with van der Waals surface area (Å²) < 4.78 is 42.8. The van der Waals surface area contributed by atoms with Gasteiger partial charge in [0.2, 0.25) is 5.91 Å². The van der Waals surface area contributed by atoms with E-state index in [-0.39, 0.29) is 11.8 Å². The zero-order valence-electron chi connectivity index (χ0n) is 13.2. The van der Waals surface area contributed by atoms with Crippen molar-refractivity contribution in [1.29, 1.82) is 0 Å². The lowest BCUT2D eigenvalue weighted by molar-refractivity contribution is -0.168. The molecule has 8 heteroatoms. The molecule has 4 nitrogen and oxygen atoms in total. The molecule has 1 N–H and O–H groups in total. The second-order valence-electron chi connectivity index (χ2n) is 5.97. The number of alkyl halides is 3. The van der Waals surface area contributed by atoms with Crippen molar-refractivity contribution in [1.82, 2.24) is 10.2 Å². The molecule has 22 heavy (non-hydrogen) atoms. The summed E-state index contributed by atoms with van der Waals surface area (Å²) in [5.74, 6) is -0.629. The van der Waals surface area contributed by atoms with E-state index in [1.807, 2.05) is 6.92 Å². The summed E-state index contributed by atoms with van der Waals surface area (Å²) in [5.41, 5.74) is 0. The molecule has 0 aromatic rings. The molecule has 0 radical (unpaired) electrons. The standard InChI is InChI=1S/C14H25F3N2O2S/c1-4-10-5-11(7-18-3)13(9(2)21-22)19(8-10)12(20)6-14(15,16)17/h9-11,13,18,22H,4-8H2,1-3H3/t9?,10?,11-,13?/m0/s1. The first-order chi connectivity index (χ1) is 10.2. The fraction of sp³-hybridized carbons (Fsp3) is 0.929. The van der Waals surface area contributed by atoms with Crippen LogP contribution in [0.3, 0.4) is 0 Å². The molecule has 0 aromatic carbocycles. The van der Waals surface area contributed by atoms with Gasteiger partial charge in [-0.1, -0.05) is 13.3 Å². The van der Waals surface area contributed by atoms with E-state index >= 15 is 0 Å². The maximum atomic E-state index is 12.6. The van der Waals surface area contributed by atoms with Gasteiger partial charge in [-0.25, -0.2) is 0 Å². The van der Waals surface area contributed by atoms with Crippen LogP contribution in [0.4, 0.5) is 13.2 Å². The van der Waals surface area contributed by atoms with E-state index in [4.69, 9.17) is 4.18 Å². The molecule has 0 aliphatic carbocycles. The Morgan fingerprint density at radius 1 is 1.50 bits per heavy atom. The number of thiol groups is 1. The van der Waals surface area contributed by atoms with E-state index in [9.17, 15) is 18.0 Å². The molecule has 0 aromatic heterocycles. The Kier molecular flexibility index (Phi) is 7.48. The smallest absolute Gasteiger partial charge is 0.336 e. The van der Waals surface area contributed by atoms with Crippen LogP contribution in [0.1, 0.15) is 33.1 Å². The first-order valence-electron chi connectivity index (χ1n) is 7.54. The Bertz CT molecular complexity index is 368. The molecule has 1 amide bonds. The van der Waals surface area contributed by atoms with Crippen molar-refractivity contribution >= 4 is 18.8 Å². The van der Waals surface area contributed by atoms with Crippen LogP contribution in [-0.4, -0.2) is 49.3 Å². The number of piperidine rings is 1. The predicted octanol–water partition coefficient (Wildman–Crippen LogP) is 2.65. The largest absolute Gasteiger partial charge is 0.397 e. The fourth-order valence-electron chi connectivity index (χ4n) is 3.30. The van der Waals surface area contributed by atoms with Crippen LogP contribution in [0.2, 0.25) is 0 Å². The third-order valence-corrected chi connectivity index (χ3v) is 4.63. The summed E-state index contributed by atoms with van der Waals surface area (Å²) in [5, 5.41) is 3.06. The molecular formula is C14H25F3N2O2S.